The first-order valence-corrected chi connectivity index (χ1v) is 20.6. The number of amides is 1. The predicted molar refractivity (Wildman–Crippen MR) is 214 cm³/mol. The zero-order valence-corrected chi connectivity index (χ0v) is 36.1. The minimum Gasteiger partial charge on any atom is -0.457 e. The molecule has 1 aromatic carbocycles. The Labute approximate surface area is 350 Å². The number of carbonyl (C=O) groups is 4. The van der Waals surface area contributed by atoms with Gasteiger partial charge in [-0.25, -0.2) is 14.4 Å². The number of hydrogen-bond acceptors (Lipinski definition) is 15. The van der Waals surface area contributed by atoms with Crippen molar-refractivity contribution in [3.05, 3.63) is 64.6 Å². The molecule has 0 spiro atoms. The molecular weight excluding hydrogens is 780 g/mol. The number of alkyl carbamates (subject to hydrolysis) is 1. The number of nitrogens with zero attached hydrogens (tertiary/aromatic N) is 1. The minimum atomic E-state index is -1.90. The van der Waals surface area contributed by atoms with E-state index in [1.807, 2.05) is 20.8 Å². The maximum absolute atomic E-state index is 14.5. The van der Waals surface area contributed by atoms with Crippen molar-refractivity contribution in [1.82, 2.24) is 5.32 Å². The van der Waals surface area contributed by atoms with E-state index in [-0.39, 0.29) is 42.9 Å². The van der Waals surface area contributed by atoms with Crippen LogP contribution in [0.2, 0.25) is 0 Å². The van der Waals surface area contributed by atoms with Crippen molar-refractivity contribution in [3.63, 3.8) is 0 Å². The molecule has 16 nitrogen and oxygen atoms in total. The summed E-state index contributed by atoms with van der Waals surface area (Å²) in [5.41, 5.74) is -6.69. The highest BCUT2D eigenvalue weighted by atomic mass is 16.7. The van der Waals surface area contributed by atoms with E-state index >= 15 is 0 Å². The molecule has 3 N–H and O–H groups in total. The van der Waals surface area contributed by atoms with E-state index in [0.717, 1.165) is 0 Å². The third kappa shape index (κ3) is 7.67. The van der Waals surface area contributed by atoms with Gasteiger partial charge in [0.1, 0.15) is 30.0 Å². The third-order valence-corrected chi connectivity index (χ3v) is 13.1. The number of nitrogens with one attached hydrogen (secondary N) is 1. The number of hydrogen-bond donors (Lipinski definition) is 3. The number of aliphatic hydroxyl groups excluding tert-OH is 1. The molecule has 60 heavy (non-hydrogen) atoms. The Bertz CT molecular complexity index is 1890. The van der Waals surface area contributed by atoms with E-state index in [9.17, 15) is 34.3 Å². The molecule has 3 aliphatic carbocycles. The van der Waals surface area contributed by atoms with Crippen molar-refractivity contribution in [2.24, 2.45) is 27.8 Å². The Morgan fingerprint density at radius 2 is 1.73 bits per heavy atom. The van der Waals surface area contributed by atoms with Gasteiger partial charge in [-0.05, 0) is 83.2 Å². The molecule has 3 unspecified atom stereocenters. The maximum atomic E-state index is 14.5. The average molecular weight is 841 g/mol. The highest BCUT2D eigenvalue weighted by molar-refractivity contribution is 5.89. The van der Waals surface area contributed by atoms with Gasteiger partial charge in [-0.15, -0.1) is 0 Å². The van der Waals surface area contributed by atoms with E-state index in [1.54, 1.807) is 58.0 Å². The molecule has 1 aromatic rings. The lowest BCUT2D eigenvalue weighted by molar-refractivity contribution is -0.389. The Morgan fingerprint density at radius 3 is 2.27 bits per heavy atom. The summed E-state index contributed by atoms with van der Waals surface area (Å²) in [6.45, 7) is 20.2. The quantitative estimate of drug-likeness (QED) is 0.108. The fourth-order valence-electron chi connectivity index (χ4n) is 10.7. The first-order chi connectivity index (χ1) is 27.9. The van der Waals surface area contributed by atoms with Crippen LogP contribution in [0.1, 0.15) is 98.9 Å². The molecule has 0 radical (unpaired) electrons. The monoisotopic (exact) mass is 840 g/mol. The number of rotatable bonds is 12. The van der Waals surface area contributed by atoms with Crippen LogP contribution >= 0.6 is 0 Å². The predicted octanol–water partition coefficient (Wildman–Crippen LogP) is 5.07. The van der Waals surface area contributed by atoms with E-state index in [2.05, 4.69) is 17.1 Å². The maximum Gasteiger partial charge on any atom is 0.407 e. The fourth-order valence-corrected chi connectivity index (χ4v) is 10.7. The van der Waals surface area contributed by atoms with Crippen molar-refractivity contribution in [2.75, 3.05) is 6.61 Å². The summed E-state index contributed by atoms with van der Waals surface area (Å²) in [5, 5.41) is 30.6. The van der Waals surface area contributed by atoms with Crippen LogP contribution in [0.15, 0.2) is 59.3 Å². The number of esters is 3. The van der Waals surface area contributed by atoms with Gasteiger partial charge in [0.25, 0.3) is 0 Å². The molecule has 16 heteroatoms. The highest BCUT2D eigenvalue weighted by Gasteiger charge is 2.81. The summed E-state index contributed by atoms with van der Waals surface area (Å²) in [5.74, 6) is -3.69. The largest absolute Gasteiger partial charge is 0.457 e. The summed E-state index contributed by atoms with van der Waals surface area (Å²) in [7, 11) is 0. The molecule has 330 valence electrons. The lowest BCUT2D eigenvalue weighted by Crippen LogP contribution is -2.80. The summed E-state index contributed by atoms with van der Waals surface area (Å²) >= 11 is 0. The lowest BCUT2D eigenvalue weighted by Gasteiger charge is -2.67. The van der Waals surface area contributed by atoms with E-state index in [0.29, 0.717) is 5.57 Å². The number of aliphatic hydroxyl groups is 2. The van der Waals surface area contributed by atoms with Crippen LogP contribution in [-0.2, 0) is 42.7 Å². The van der Waals surface area contributed by atoms with Gasteiger partial charge >= 0.3 is 24.0 Å². The zero-order chi connectivity index (χ0) is 44.3. The van der Waals surface area contributed by atoms with Gasteiger partial charge in [0.05, 0.1) is 47.4 Å². The first-order valence-electron chi connectivity index (χ1n) is 20.6. The standard InChI is InChI=1S/C44H60N2O14/c1-12-30-56-28-19-29-44(21-54-29,59-24(5)47)34-36(58-37(49)25-16-14-13-15-17-25)43(41(9,10)52)20-27(23(4)31(43)32(46-53)35(57-30)42(28,34)11)55-38(50)33(48)26(18-22(2)3)45-39(51)60-40(6,7)8/h12-17,22,26-30,32-36,48,52H,1,18-21H2,2-11H3,(H,45,51)/t26-,27-,28-,29+,30?,32-,33+,34?,35-,36-,42+,43?,44-/m0/s1. The topological polar surface area (TPSA) is 215 Å². The van der Waals surface area contributed by atoms with Crippen molar-refractivity contribution >= 4 is 24.0 Å². The van der Waals surface area contributed by atoms with Crippen molar-refractivity contribution in [1.29, 1.82) is 0 Å². The van der Waals surface area contributed by atoms with Crippen LogP contribution in [0.3, 0.4) is 0 Å². The summed E-state index contributed by atoms with van der Waals surface area (Å²) in [4.78, 5) is 68.2. The average Bonchev–Trinajstić information content (AvgIpc) is 3.39. The van der Waals surface area contributed by atoms with Crippen LogP contribution in [0, 0.1) is 27.6 Å². The molecule has 0 bridgehead atoms. The van der Waals surface area contributed by atoms with Crippen LogP contribution in [0.5, 0.6) is 0 Å². The number of fused-ring (bicyclic) bond motifs is 3. The molecule has 2 aliphatic heterocycles. The second kappa shape index (κ2) is 16.2. The van der Waals surface area contributed by atoms with E-state index in [1.165, 1.54) is 26.8 Å². The second-order valence-corrected chi connectivity index (χ2v) is 19.0. The molecule has 5 aliphatic rings. The number of ether oxygens (including phenoxy) is 7. The molecule has 2 saturated heterocycles. The Kier molecular flexibility index (Phi) is 12.3. The molecular formula is C44H60N2O14. The normalized spacial score (nSPS) is 35.5. The molecule has 2 saturated carbocycles. The molecule has 1 amide bonds. The van der Waals surface area contributed by atoms with Crippen LogP contribution < -0.4 is 5.32 Å². The first kappa shape index (κ1) is 45.3. The van der Waals surface area contributed by atoms with Gasteiger partial charge in [-0.1, -0.05) is 50.7 Å². The second-order valence-electron chi connectivity index (χ2n) is 19.0. The number of carbonyl (C=O) groups excluding carboxylic acids is 4. The van der Waals surface area contributed by atoms with Gasteiger partial charge in [0.15, 0.2) is 18.0 Å². The Morgan fingerprint density at radius 1 is 1.07 bits per heavy atom. The molecule has 2 heterocycles. The van der Waals surface area contributed by atoms with E-state index < -0.39 is 113 Å². The smallest absolute Gasteiger partial charge is 0.407 e. The molecule has 0 aromatic heterocycles. The summed E-state index contributed by atoms with van der Waals surface area (Å²) in [6.07, 6.45) is -7.56. The van der Waals surface area contributed by atoms with Gasteiger partial charge in [-0.3, -0.25) is 4.79 Å². The highest BCUT2D eigenvalue weighted by Crippen LogP contribution is 2.70. The minimum absolute atomic E-state index is 0.0800. The number of benzene rings is 1. The SMILES string of the molecule is C=CC1O[C@H]2C[C@H]3OC[C@@]3(OC(C)=O)C3[C@H](OC(=O)c4ccccc4)C4(C(C)(C)O)C[C@H](OC(=O)[C@H](O)[C@H](CC(C)C)NC(=O)OC(C)(C)C)C(C)=C4[C@H](N=O)[C@H](O1)[C@@]32C. The Hall–Kier alpha value is -4.22. The molecule has 4 fully saturated rings. The van der Waals surface area contributed by atoms with Crippen LogP contribution in [0.25, 0.3) is 0 Å². The lowest BCUT2D eigenvalue weighted by atomic mass is 9.49. The Balaban J connectivity index is 1.54. The fraction of sp³-hybridized carbons (Fsp3) is 0.682. The number of nitroso groups, excluding NO2 is 1. The van der Waals surface area contributed by atoms with Crippen molar-refractivity contribution in [3.8, 4) is 0 Å². The van der Waals surface area contributed by atoms with Crippen molar-refractivity contribution in [2.45, 2.75) is 160 Å². The van der Waals surface area contributed by atoms with E-state index in [4.69, 9.17) is 33.2 Å². The van der Waals surface area contributed by atoms with Crippen LogP contribution in [-0.4, -0.2) is 113 Å². The van der Waals surface area contributed by atoms with Crippen molar-refractivity contribution < 1.29 is 62.5 Å². The van der Waals surface area contributed by atoms with Crippen LogP contribution in [0.4, 0.5) is 4.79 Å². The van der Waals surface area contributed by atoms with Gasteiger partial charge in [-0.2, -0.15) is 4.91 Å². The van der Waals surface area contributed by atoms with Gasteiger partial charge < -0.3 is 48.7 Å². The third-order valence-electron chi connectivity index (χ3n) is 13.1. The van der Waals surface area contributed by atoms with Gasteiger partial charge in [0.2, 0.25) is 0 Å². The van der Waals surface area contributed by atoms with Gasteiger partial charge in [0, 0.05) is 25.2 Å². The molecule has 6 rings (SSSR count). The molecule has 13 atom stereocenters. The zero-order valence-electron chi connectivity index (χ0n) is 36.1. The summed E-state index contributed by atoms with van der Waals surface area (Å²) in [6, 6.07) is 5.67. The summed E-state index contributed by atoms with van der Waals surface area (Å²) < 4.78 is 43.8.